The van der Waals surface area contributed by atoms with Gasteiger partial charge in [0.25, 0.3) is 0 Å². The summed E-state index contributed by atoms with van der Waals surface area (Å²) >= 11 is 0. The third-order valence-electron chi connectivity index (χ3n) is 5.55. The van der Waals surface area contributed by atoms with Crippen LogP contribution >= 0.6 is 0 Å². The lowest BCUT2D eigenvalue weighted by molar-refractivity contribution is -0.138. The minimum Gasteiger partial charge on any atom is -0.497 e. The van der Waals surface area contributed by atoms with E-state index in [1.165, 1.54) is 63.7 Å². The topological polar surface area (TPSA) is 30.9 Å². The van der Waals surface area contributed by atoms with Crippen LogP contribution in [0.1, 0.15) is 30.4 Å². The van der Waals surface area contributed by atoms with E-state index in [0.717, 1.165) is 35.8 Å². The maximum Gasteiger partial charge on any atom is 0.416 e. The van der Waals surface area contributed by atoms with E-state index in [-0.39, 0.29) is 0 Å². The molecule has 0 amide bonds. The fourth-order valence-electron chi connectivity index (χ4n) is 3.45. The molecule has 10 heteroatoms. The summed E-state index contributed by atoms with van der Waals surface area (Å²) in [5, 5.41) is 0. The Morgan fingerprint density at radius 3 is 1.41 bits per heavy atom. The Labute approximate surface area is 225 Å². The molecular weight excluding hydrogens is 524 g/mol. The van der Waals surface area contributed by atoms with Crippen molar-refractivity contribution in [3.8, 4) is 17.2 Å². The molecule has 3 aromatic rings. The standard InChI is InChI=1S/C8H7F3O.C8H8O2.C7H5F3.C6H13N/c1-12-7-4-2-6(3-5-7)8(9,10)11;1-2-4-8-7(3-1)9-5-6-10-8;8-7(9,10)6-4-2-1-3-5-6;1-7-5-3-2-4-6-7/h2-5H,1H3;1-4H,5-6H2;1-5H;2-6H2,1H3. The SMILES string of the molecule is CN1CCCCC1.COc1ccc(C(F)(F)F)cc1.FC(F)(F)c1ccccc1.c1ccc2c(c1)OCCO2. The number of nitrogens with zero attached hydrogens (tertiary/aromatic N) is 1. The third-order valence-corrected chi connectivity index (χ3v) is 5.55. The van der Waals surface area contributed by atoms with Crippen LogP contribution in [0.4, 0.5) is 26.3 Å². The lowest BCUT2D eigenvalue weighted by Gasteiger charge is -2.20. The van der Waals surface area contributed by atoms with Crippen molar-refractivity contribution in [1.29, 1.82) is 0 Å². The molecule has 3 aromatic carbocycles. The first-order chi connectivity index (χ1) is 18.5. The Morgan fingerprint density at radius 2 is 1.05 bits per heavy atom. The lowest BCUT2D eigenvalue weighted by Crippen LogP contribution is -2.24. The number of benzene rings is 3. The number of halogens is 6. The number of hydrogen-bond acceptors (Lipinski definition) is 4. The smallest absolute Gasteiger partial charge is 0.416 e. The van der Waals surface area contributed by atoms with Crippen LogP contribution in [-0.2, 0) is 12.4 Å². The molecule has 0 aromatic heterocycles. The highest BCUT2D eigenvalue weighted by atomic mass is 19.4. The summed E-state index contributed by atoms with van der Waals surface area (Å²) in [5.41, 5.74) is -1.27. The Balaban J connectivity index is 0.000000185. The molecule has 0 radical (unpaired) electrons. The second kappa shape index (κ2) is 15.9. The van der Waals surface area contributed by atoms with Gasteiger partial charge in [0, 0.05) is 0 Å². The molecule has 0 spiro atoms. The Kier molecular flexibility index (Phi) is 13.0. The zero-order valence-electron chi connectivity index (χ0n) is 21.9. The molecule has 2 aliphatic heterocycles. The second-order valence-electron chi connectivity index (χ2n) is 8.60. The number of hydrogen-bond donors (Lipinski definition) is 0. The fourth-order valence-corrected chi connectivity index (χ4v) is 3.45. The molecule has 1 saturated heterocycles. The van der Waals surface area contributed by atoms with Crippen molar-refractivity contribution in [1.82, 2.24) is 4.90 Å². The van der Waals surface area contributed by atoms with E-state index in [1.54, 1.807) is 6.07 Å². The van der Waals surface area contributed by atoms with Gasteiger partial charge in [-0.2, -0.15) is 26.3 Å². The molecule has 0 atom stereocenters. The van der Waals surface area contributed by atoms with Crippen molar-refractivity contribution in [2.45, 2.75) is 31.6 Å². The van der Waals surface area contributed by atoms with Gasteiger partial charge < -0.3 is 19.1 Å². The van der Waals surface area contributed by atoms with Crippen LogP contribution in [0.5, 0.6) is 17.2 Å². The van der Waals surface area contributed by atoms with Crippen LogP contribution in [0.25, 0.3) is 0 Å². The average molecular weight is 558 g/mol. The normalized spacial score (nSPS) is 14.8. The van der Waals surface area contributed by atoms with Crippen molar-refractivity contribution in [3.63, 3.8) is 0 Å². The Morgan fingerprint density at radius 1 is 0.615 bits per heavy atom. The van der Waals surface area contributed by atoms with E-state index in [1.807, 2.05) is 24.3 Å². The van der Waals surface area contributed by atoms with Crippen molar-refractivity contribution >= 4 is 0 Å². The van der Waals surface area contributed by atoms with Gasteiger partial charge >= 0.3 is 12.4 Å². The molecule has 1 fully saturated rings. The summed E-state index contributed by atoms with van der Waals surface area (Å²) in [4.78, 5) is 2.39. The molecule has 2 heterocycles. The first-order valence-electron chi connectivity index (χ1n) is 12.4. The van der Waals surface area contributed by atoms with Gasteiger partial charge in [-0.3, -0.25) is 0 Å². The predicted octanol–water partition coefficient (Wildman–Crippen LogP) is 7.98. The van der Waals surface area contributed by atoms with Gasteiger partial charge in [0.05, 0.1) is 18.2 Å². The van der Waals surface area contributed by atoms with E-state index < -0.39 is 23.5 Å². The molecule has 0 aliphatic carbocycles. The molecule has 0 bridgehead atoms. The number of rotatable bonds is 1. The van der Waals surface area contributed by atoms with Crippen molar-refractivity contribution in [2.75, 3.05) is 40.5 Å². The largest absolute Gasteiger partial charge is 0.497 e. The van der Waals surface area contributed by atoms with Crippen LogP contribution in [0.3, 0.4) is 0 Å². The molecular formula is C29H33F6NO3. The predicted molar refractivity (Wildman–Crippen MR) is 138 cm³/mol. The number of fused-ring (bicyclic) bond motifs is 1. The maximum absolute atomic E-state index is 12.0. The highest BCUT2D eigenvalue weighted by Gasteiger charge is 2.30. The van der Waals surface area contributed by atoms with Crippen molar-refractivity contribution in [3.05, 3.63) is 90.0 Å². The Hall–Kier alpha value is -3.40. The van der Waals surface area contributed by atoms with Gasteiger partial charge in [-0.05, 0) is 69.4 Å². The van der Waals surface area contributed by atoms with E-state index in [9.17, 15) is 26.3 Å². The van der Waals surface area contributed by atoms with Crippen LogP contribution in [0, 0.1) is 0 Å². The maximum atomic E-state index is 12.0. The van der Waals surface area contributed by atoms with Gasteiger partial charge in [0.15, 0.2) is 11.5 Å². The number of likely N-dealkylation sites (tertiary alicyclic amines) is 1. The summed E-state index contributed by atoms with van der Waals surface area (Å²) in [5.74, 6) is 2.13. The van der Waals surface area contributed by atoms with E-state index >= 15 is 0 Å². The summed E-state index contributed by atoms with van der Waals surface area (Å²) in [6.07, 6.45) is -4.20. The van der Waals surface area contributed by atoms with Crippen LogP contribution in [0.15, 0.2) is 78.9 Å². The molecule has 214 valence electrons. The number of para-hydroxylation sites is 2. The van der Waals surface area contributed by atoms with Gasteiger partial charge in [0.1, 0.15) is 19.0 Å². The number of alkyl halides is 6. The quantitative estimate of drug-likeness (QED) is 0.284. The zero-order valence-corrected chi connectivity index (χ0v) is 21.9. The third kappa shape index (κ3) is 12.3. The van der Waals surface area contributed by atoms with E-state index in [4.69, 9.17) is 14.2 Å². The molecule has 0 unspecified atom stereocenters. The molecule has 0 saturated carbocycles. The van der Waals surface area contributed by atoms with Crippen LogP contribution in [-0.4, -0.2) is 45.4 Å². The van der Waals surface area contributed by atoms with Crippen molar-refractivity contribution < 1.29 is 40.6 Å². The van der Waals surface area contributed by atoms with Crippen LogP contribution < -0.4 is 14.2 Å². The summed E-state index contributed by atoms with van der Waals surface area (Å²) in [7, 11) is 3.60. The van der Waals surface area contributed by atoms with E-state index in [2.05, 4.69) is 11.9 Å². The van der Waals surface area contributed by atoms with Gasteiger partial charge in [-0.25, -0.2) is 0 Å². The first kappa shape index (κ1) is 31.8. The monoisotopic (exact) mass is 557 g/mol. The molecule has 4 nitrogen and oxygen atoms in total. The molecule has 0 N–H and O–H groups in total. The average Bonchev–Trinajstić information content (AvgIpc) is 2.94. The molecule has 2 aliphatic rings. The Bertz CT molecular complexity index is 1040. The summed E-state index contributed by atoms with van der Waals surface area (Å²) in [6.45, 7) is 3.97. The molecule has 5 rings (SSSR count). The summed E-state index contributed by atoms with van der Waals surface area (Å²) in [6, 6.07) is 18.6. The van der Waals surface area contributed by atoms with E-state index in [0.29, 0.717) is 19.0 Å². The van der Waals surface area contributed by atoms with Gasteiger partial charge in [0.2, 0.25) is 0 Å². The summed E-state index contributed by atoms with van der Waals surface area (Å²) < 4.78 is 86.6. The number of methoxy groups -OCH3 is 1. The zero-order chi connectivity index (χ0) is 28.7. The molecule has 39 heavy (non-hydrogen) atoms. The highest BCUT2D eigenvalue weighted by molar-refractivity contribution is 5.40. The van der Waals surface area contributed by atoms with Crippen molar-refractivity contribution in [2.24, 2.45) is 0 Å². The fraction of sp³-hybridized carbons (Fsp3) is 0.379. The minimum absolute atomic E-state index is 0.419. The minimum atomic E-state index is -4.27. The number of ether oxygens (including phenoxy) is 3. The highest BCUT2D eigenvalue weighted by Crippen LogP contribution is 2.30. The second-order valence-corrected chi connectivity index (χ2v) is 8.60. The number of piperidine rings is 1. The first-order valence-corrected chi connectivity index (χ1v) is 12.4. The van der Waals surface area contributed by atoms with Gasteiger partial charge in [-0.15, -0.1) is 0 Å². The lowest BCUT2D eigenvalue weighted by atomic mass is 10.1. The van der Waals surface area contributed by atoms with Crippen LogP contribution in [0.2, 0.25) is 0 Å². The van der Waals surface area contributed by atoms with Gasteiger partial charge in [-0.1, -0.05) is 48.9 Å².